The topological polar surface area (TPSA) is 52.6 Å². The molecule has 1 atom stereocenters. The lowest BCUT2D eigenvalue weighted by atomic mass is 9.55. The molecule has 2 amide bonds. The summed E-state index contributed by atoms with van der Waals surface area (Å²) in [6.07, 6.45) is 8.40. The van der Waals surface area contributed by atoms with Gasteiger partial charge in [-0.15, -0.1) is 0 Å². The maximum absolute atomic E-state index is 12.4. The van der Waals surface area contributed by atoms with Crippen LogP contribution in [0.2, 0.25) is 0 Å². The molecular formula is C17H30N2O2. The summed E-state index contributed by atoms with van der Waals surface area (Å²) < 4.78 is 0. The van der Waals surface area contributed by atoms with Crippen molar-refractivity contribution in [3.05, 3.63) is 0 Å². The fourth-order valence-electron chi connectivity index (χ4n) is 4.26. The van der Waals surface area contributed by atoms with Crippen LogP contribution in [-0.4, -0.2) is 41.8 Å². The summed E-state index contributed by atoms with van der Waals surface area (Å²) in [7, 11) is 0. The Bertz CT molecular complexity index is 400. The lowest BCUT2D eigenvalue weighted by molar-refractivity contribution is -0.0158. The predicted octanol–water partition coefficient (Wildman–Crippen LogP) is 2.76. The number of hydrogen-bond acceptors (Lipinski definition) is 2. The molecule has 3 fully saturated rings. The average Bonchev–Trinajstić information content (AvgIpc) is 2.32. The van der Waals surface area contributed by atoms with Gasteiger partial charge in [-0.2, -0.15) is 0 Å². The molecule has 0 bridgehead atoms. The molecule has 120 valence electrons. The van der Waals surface area contributed by atoms with Gasteiger partial charge in [-0.05, 0) is 43.4 Å². The molecule has 0 radical (unpaired) electrons. The highest BCUT2D eigenvalue weighted by Gasteiger charge is 2.46. The van der Waals surface area contributed by atoms with Crippen molar-refractivity contribution in [2.24, 2.45) is 16.7 Å². The molecule has 3 aliphatic rings. The van der Waals surface area contributed by atoms with Gasteiger partial charge in [-0.3, -0.25) is 0 Å². The molecule has 2 N–H and O–H groups in total. The first-order valence-corrected chi connectivity index (χ1v) is 8.64. The summed E-state index contributed by atoms with van der Waals surface area (Å²) in [6, 6.07) is 0.0700. The zero-order chi connectivity index (χ0) is 15.1. The van der Waals surface area contributed by atoms with Crippen LogP contribution in [-0.2, 0) is 0 Å². The van der Waals surface area contributed by atoms with Crippen molar-refractivity contribution in [1.29, 1.82) is 0 Å². The van der Waals surface area contributed by atoms with Crippen LogP contribution in [0.25, 0.3) is 0 Å². The van der Waals surface area contributed by atoms with Crippen LogP contribution in [0.15, 0.2) is 0 Å². The van der Waals surface area contributed by atoms with Gasteiger partial charge in [0.25, 0.3) is 0 Å². The molecule has 4 nitrogen and oxygen atoms in total. The van der Waals surface area contributed by atoms with Crippen molar-refractivity contribution in [3.8, 4) is 0 Å². The summed E-state index contributed by atoms with van der Waals surface area (Å²) in [6.45, 7) is 6.26. The molecule has 0 aromatic rings. The Morgan fingerprint density at radius 3 is 2.43 bits per heavy atom. The lowest BCUT2D eigenvalue weighted by Crippen LogP contribution is -2.56. The quantitative estimate of drug-likeness (QED) is 0.841. The average molecular weight is 294 g/mol. The molecule has 3 rings (SSSR count). The smallest absolute Gasteiger partial charge is 0.317 e. The van der Waals surface area contributed by atoms with E-state index in [1.165, 1.54) is 38.5 Å². The van der Waals surface area contributed by atoms with Gasteiger partial charge in [0.2, 0.25) is 0 Å². The summed E-state index contributed by atoms with van der Waals surface area (Å²) in [5.41, 5.74) is 0.219. The Hall–Kier alpha value is -0.770. The van der Waals surface area contributed by atoms with Crippen LogP contribution in [0.4, 0.5) is 4.79 Å². The molecule has 21 heavy (non-hydrogen) atoms. The minimum atomic E-state index is -0.297. The van der Waals surface area contributed by atoms with E-state index in [-0.39, 0.29) is 17.6 Å². The summed E-state index contributed by atoms with van der Waals surface area (Å²) in [5, 5.41) is 13.2. The second kappa shape index (κ2) is 5.45. The molecule has 0 spiro atoms. The van der Waals surface area contributed by atoms with Crippen molar-refractivity contribution in [3.63, 3.8) is 0 Å². The van der Waals surface area contributed by atoms with Gasteiger partial charge >= 0.3 is 6.03 Å². The van der Waals surface area contributed by atoms with Crippen LogP contribution in [0, 0.1) is 16.7 Å². The van der Waals surface area contributed by atoms with Crippen molar-refractivity contribution in [2.75, 3.05) is 19.6 Å². The van der Waals surface area contributed by atoms with Crippen LogP contribution in [0.1, 0.15) is 58.8 Å². The zero-order valence-electron chi connectivity index (χ0n) is 13.5. The minimum absolute atomic E-state index is 0.0700. The molecule has 4 heteroatoms. The molecule has 1 saturated heterocycles. The largest absolute Gasteiger partial charge is 0.392 e. The second-order valence-corrected chi connectivity index (χ2v) is 8.22. The van der Waals surface area contributed by atoms with Gasteiger partial charge in [0, 0.05) is 25.0 Å². The van der Waals surface area contributed by atoms with Gasteiger partial charge in [0.15, 0.2) is 0 Å². The van der Waals surface area contributed by atoms with E-state index in [9.17, 15) is 9.90 Å². The number of piperidine rings is 1. The highest BCUT2D eigenvalue weighted by atomic mass is 16.3. The van der Waals surface area contributed by atoms with Crippen molar-refractivity contribution in [1.82, 2.24) is 10.2 Å². The first kappa shape index (κ1) is 15.1. The number of rotatable bonds is 3. The third-order valence-electron chi connectivity index (χ3n) is 6.37. The van der Waals surface area contributed by atoms with E-state index in [1.807, 2.05) is 18.7 Å². The lowest BCUT2D eigenvalue weighted by Gasteiger charge is -2.52. The van der Waals surface area contributed by atoms with E-state index >= 15 is 0 Å². The standard InChI is InChI=1S/C17H30N2O2/c1-16(2)12-19(10-7-14(16)20)15(21)18-11-17(8-4-9-17)13-5-3-6-13/h13-14,20H,3-12H2,1-2H3,(H,18,21). The highest BCUT2D eigenvalue weighted by Crippen LogP contribution is 2.53. The third-order valence-corrected chi connectivity index (χ3v) is 6.37. The summed E-state index contributed by atoms with van der Waals surface area (Å²) >= 11 is 0. The molecular weight excluding hydrogens is 264 g/mol. The molecule has 2 aliphatic carbocycles. The SMILES string of the molecule is CC1(C)CN(C(=O)NCC2(C3CCC3)CCC2)CCC1O. The molecule has 2 saturated carbocycles. The van der Waals surface area contributed by atoms with Crippen LogP contribution in [0.3, 0.4) is 0 Å². The summed E-state index contributed by atoms with van der Waals surface area (Å²) in [5.74, 6) is 0.853. The number of urea groups is 1. The monoisotopic (exact) mass is 294 g/mol. The van der Waals surface area contributed by atoms with Gasteiger partial charge < -0.3 is 15.3 Å². The van der Waals surface area contributed by atoms with Gasteiger partial charge in [0.1, 0.15) is 0 Å². The number of hydrogen-bond donors (Lipinski definition) is 2. The van der Waals surface area contributed by atoms with Gasteiger partial charge in [0.05, 0.1) is 6.10 Å². The van der Waals surface area contributed by atoms with Crippen LogP contribution < -0.4 is 5.32 Å². The Balaban J connectivity index is 1.52. The minimum Gasteiger partial charge on any atom is -0.392 e. The predicted molar refractivity (Wildman–Crippen MR) is 83.0 cm³/mol. The van der Waals surface area contributed by atoms with E-state index in [1.54, 1.807) is 0 Å². The van der Waals surface area contributed by atoms with Crippen LogP contribution in [0.5, 0.6) is 0 Å². The maximum atomic E-state index is 12.4. The second-order valence-electron chi connectivity index (χ2n) is 8.22. The van der Waals surface area contributed by atoms with Gasteiger partial charge in [-0.25, -0.2) is 4.79 Å². The fraction of sp³-hybridized carbons (Fsp3) is 0.941. The number of aliphatic hydroxyl groups excluding tert-OH is 1. The normalized spacial score (nSPS) is 31.2. The number of likely N-dealkylation sites (tertiary alicyclic amines) is 1. The van der Waals surface area contributed by atoms with Crippen molar-refractivity contribution < 1.29 is 9.90 Å². The fourth-order valence-corrected chi connectivity index (χ4v) is 4.26. The van der Waals surface area contributed by atoms with E-state index < -0.39 is 0 Å². The van der Waals surface area contributed by atoms with Gasteiger partial charge in [-0.1, -0.05) is 26.7 Å². The Labute approximate surface area is 128 Å². The number of amides is 2. The number of carbonyl (C=O) groups excluding carboxylic acids is 1. The number of nitrogens with zero attached hydrogens (tertiary/aromatic N) is 1. The Kier molecular flexibility index (Phi) is 3.93. The first-order chi connectivity index (χ1) is 9.93. The Morgan fingerprint density at radius 2 is 1.95 bits per heavy atom. The summed E-state index contributed by atoms with van der Waals surface area (Å²) in [4.78, 5) is 14.3. The van der Waals surface area contributed by atoms with E-state index in [4.69, 9.17) is 0 Å². The van der Waals surface area contributed by atoms with Crippen molar-refractivity contribution >= 4 is 6.03 Å². The third kappa shape index (κ3) is 2.79. The Morgan fingerprint density at radius 1 is 1.24 bits per heavy atom. The van der Waals surface area contributed by atoms with E-state index in [2.05, 4.69) is 5.32 Å². The highest BCUT2D eigenvalue weighted by molar-refractivity contribution is 5.74. The first-order valence-electron chi connectivity index (χ1n) is 8.64. The zero-order valence-corrected chi connectivity index (χ0v) is 13.5. The molecule has 1 aliphatic heterocycles. The van der Waals surface area contributed by atoms with E-state index in [0.717, 1.165) is 12.5 Å². The van der Waals surface area contributed by atoms with Crippen LogP contribution >= 0.6 is 0 Å². The maximum Gasteiger partial charge on any atom is 0.317 e. The number of nitrogens with one attached hydrogen (secondary N) is 1. The molecule has 0 aromatic heterocycles. The van der Waals surface area contributed by atoms with E-state index in [0.29, 0.717) is 24.9 Å². The molecule has 1 unspecified atom stereocenters. The number of carbonyl (C=O) groups is 1. The molecule has 0 aromatic carbocycles. The van der Waals surface area contributed by atoms with Crippen molar-refractivity contribution in [2.45, 2.75) is 64.9 Å². The number of aliphatic hydroxyl groups is 1. The molecule has 1 heterocycles.